The lowest BCUT2D eigenvalue weighted by molar-refractivity contribution is -0.147. The summed E-state index contributed by atoms with van der Waals surface area (Å²) in [7, 11) is 1.38. The summed E-state index contributed by atoms with van der Waals surface area (Å²) >= 11 is 0. The fourth-order valence-corrected chi connectivity index (χ4v) is 2.58. The molecule has 3 aromatic rings. The quantitative estimate of drug-likeness (QED) is 0.516. The highest BCUT2D eigenvalue weighted by Gasteiger charge is 2.37. The van der Waals surface area contributed by atoms with E-state index in [0.29, 0.717) is 5.56 Å². The average molecular weight is 392 g/mol. The summed E-state index contributed by atoms with van der Waals surface area (Å²) in [5, 5.41) is 13.3. The zero-order chi connectivity index (χ0) is 20.3. The number of fused-ring (bicyclic) bond motifs is 1. The number of ether oxygens (including phenoxy) is 1. The molecule has 1 heterocycles. The van der Waals surface area contributed by atoms with Gasteiger partial charge in [-0.1, -0.05) is 12.1 Å². The minimum Gasteiger partial charge on any atom is -0.504 e. The van der Waals surface area contributed by atoms with E-state index in [0.717, 1.165) is 4.57 Å². The number of phenolic OH excluding ortho intramolecular Hbond substituents is 1. The van der Waals surface area contributed by atoms with Crippen LogP contribution in [0, 0.1) is 0 Å². The summed E-state index contributed by atoms with van der Waals surface area (Å²) in [4.78, 5) is 15.7. The first-order valence-electron chi connectivity index (χ1n) is 8.01. The summed E-state index contributed by atoms with van der Waals surface area (Å²) in [6, 6.07) is 10.4. The van der Waals surface area contributed by atoms with E-state index in [1.807, 2.05) is 0 Å². The van der Waals surface area contributed by atoms with Crippen LogP contribution in [0.2, 0.25) is 0 Å². The van der Waals surface area contributed by atoms with Gasteiger partial charge in [-0.05, 0) is 35.9 Å². The van der Waals surface area contributed by atoms with E-state index in [1.54, 1.807) is 12.1 Å². The number of methoxy groups -OCH3 is 1. The molecule has 2 N–H and O–H groups in total. The van der Waals surface area contributed by atoms with E-state index in [9.17, 15) is 23.1 Å². The van der Waals surface area contributed by atoms with Crippen LogP contribution in [0.1, 0.15) is 11.4 Å². The standard InChI is InChI=1S/C18H15F3N4O3/c1-28-15-8-11(6-7-14(15)26)9-22-24-16(27)10-25-13-5-3-2-4-12(13)23-17(25)18(19,20)21/h2-9,26H,10H2,1H3,(H,24,27)/b22-9+. The van der Waals surface area contributed by atoms with Gasteiger partial charge < -0.3 is 14.4 Å². The molecular weight excluding hydrogens is 377 g/mol. The third-order valence-electron chi connectivity index (χ3n) is 3.82. The minimum atomic E-state index is -4.70. The molecule has 0 saturated heterocycles. The van der Waals surface area contributed by atoms with Gasteiger partial charge in [0, 0.05) is 0 Å². The normalized spacial score (nSPS) is 11.9. The Morgan fingerprint density at radius 2 is 2.07 bits per heavy atom. The highest BCUT2D eigenvalue weighted by molar-refractivity contribution is 5.84. The first-order chi connectivity index (χ1) is 13.3. The van der Waals surface area contributed by atoms with Gasteiger partial charge in [-0.2, -0.15) is 18.3 Å². The Morgan fingerprint density at radius 3 is 2.79 bits per heavy atom. The van der Waals surface area contributed by atoms with E-state index in [2.05, 4.69) is 15.5 Å². The second kappa shape index (κ2) is 7.59. The second-order valence-electron chi connectivity index (χ2n) is 5.73. The monoisotopic (exact) mass is 392 g/mol. The lowest BCUT2D eigenvalue weighted by Crippen LogP contribution is -2.26. The van der Waals surface area contributed by atoms with Crippen LogP contribution in [0.15, 0.2) is 47.6 Å². The molecule has 0 fully saturated rings. The smallest absolute Gasteiger partial charge is 0.449 e. The highest BCUT2D eigenvalue weighted by atomic mass is 19.4. The van der Waals surface area contributed by atoms with Gasteiger partial charge in [0.25, 0.3) is 5.91 Å². The molecule has 10 heteroatoms. The van der Waals surface area contributed by atoms with Crippen LogP contribution in [-0.4, -0.2) is 33.9 Å². The number of amides is 1. The molecule has 0 spiro atoms. The van der Waals surface area contributed by atoms with E-state index in [4.69, 9.17) is 4.74 Å². The molecule has 7 nitrogen and oxygen atoms in total. The van der Waals surface area contributed by atoms with E-state index >= 15 is 0 Å². The van der Waals surface area contributed by atoms with E-state index in [1.165, 1.54) is 43.7 Å². The van der Waals surface area contributed by atoms with Gasteiger partial charge in [-0.3, -0.25) is 4.79 Å². The Morgan fingerprint density at radius 1 is 1.32 bits per heavy atom. The Hall–Kier alpha value is -3.56. The van der Waals surface area contributed by atoms with Crippen molar-refractivity contribution in [1.29, 1.82) is 0 Å². The van der Waals surface area contributed by atoms with Crippen molar-refractivity contribution in [3.63, 3.8) is 0 Å². The Labute approximate surface area is 157 Å². The minimum absolute atomic E-state index is 0.0599. The molecule has 28 heavy (non-hydrogen) atoms. The van der Waals surface area contributed by atoms with Crippen LogP contribution >= 0.6 is 0 Å². The number of nitrogens with one attached hydrogen (secondary N) is 1. The molecular formula is C18H15F3N4O3. The second-order valence-corrected chi connectivity index (χ2v) is 5.73. The van der Waals surface area contributed by atoms with Crippen molar-refractivity contribution in [3.05, 3.63) is 53.9 Å². The molecule has 0 aliphatic heterocycles. The number of imidazole rings is 1. The van der Waals surface area contributed by atoms with E-state index in [-0.39, 0.29) is 22.5 Å². The van der Waals surface area contributed by atoms with Crippen LogP contribution in [0.4, 0.5) is 13.2 Å². The van der Waals surface area contributed by atoms with Crippen molar-refractivity contribution >= 4 is 23.2 Å². The summed E-state index contributed by atoms with van der Waals surface area (Å²) in [5.74, 6) is -1.75. The zero-order valence-electron chi connectivity index (χ0n) is 14.6. The number of aromatic nitrogens is 2. The molecule has 0 unspecified atom stereocenters. The molecule has 0 atom stereocenters. The van der Waals surface area contributed by atoms with Crippen LogP contribution in [-0.2, 0) is 17.5 Å². The van der Waals surface area contributed by atoms with Gasteiger partial charge >= 0.3 is 6.18 Å². The number of halogens is 3. The summed E-state index contributed by atoms with van der Waals surface area (Å²) in [6.45, 7) is -0.606. The molecule has 0 radical (unpaired) electrons. The van der Waals surface area contributed by atoms with Gasteiger partial charge in [0.15, 0.2) is 11.5 Å². The number of rotatable bonds is 5. The summed E-state index contributed by atoms with van der Waals surface area (Å²) in [5.41, 5.74) is 3.02. The van der Waals surface area contributed by atoms with Crippen LogP contribution in [0.3, 0.4) is 0 Å². The summed E-state index contributed by atoms with van der Waals surface area (Å²) < 4.78 is 45.5. The Kier molecular flexibility index (Phi) is 5.21. The molecule has 0 saturated carbocycles. The summed E-state index contributed by atoms with van der Waals surface area (Å²) in [6.07, 6.45) is -3.43. The van der Waals surface area contributed by atoms with Gasteiger partial charge in [0.1, 0.15) is 6.54 Å². The number of carbonyl (C=O) groups excluding carboxylic acids is 1. The first-order valence-corrected chi connectivity index (χ1v) is 8.01. The zero-order valence-corrected chi connectivity index (χ0v) is 14.6. The van der Waals surface area contributed by atoms with Crippen LogP contribution in [0.5, 0.6) is 11.5 Å². The molecule has 0 aliphatic rings. The number of hydrogen-bond acceptors (Lipinski definition) is 5. The third kappa shape index (κ3) is 4.05. The molecule has 2 aromatic carbocycles. The Balaban J connectivity index is 1.77. The fourth-order valence-electron chi connectivity index (χ4n) is 2.58. The largest absolute Gasteiger partial charge is 0.504 e. The predicted octanol–water partition coefficient (Wildman–Crippen LogP) is 2.92. The predicted molar refractivity (Wildman–Crippen MR) is 95.1 cm³/mol. The molecule has 1 amide bonds. The SMILES string of the molecule is COc1cc(/C=N/NC(=O)Cn2c(C(F)(F)F)nc3ccccc32)ccc1O. The number of aromatic hydroxyl groups is 1. The number of alkyl halides is 3. The third-order valence-corrected chi connectivity index (χ3v) is 3.82. The lowest BCUT2D eigenvalue weighted by atomic mass is 10.2. The number of carbonyl (C=O) groups is 1. The Bertz CT molecular complexity index is 1040. The molecule has 146 valence electrons. The topological polar surface area (TPSA) is 88.7 Å². The van der Waals surface area contributed by atoms with Crippen molar-refractivity contribution in [1.82, 2.24) is 15.0 Å². The number of benzene rings is 2. The maximum atomic E-state index is 13.2. The van der Waals surface area contributed by atoms with Gasteiger partial charge in [0.05, 0.1) is 24.4 Å². The number of hydrogen-bond donors (Lipinski definition) is 2. The van der Waals surface area contributed by atoms with Crippen LogP contribution in [0.25, 0.3) is 11.0 Å². The maximum absolute atomic E-state index is 13.2. The highest BCUT2D eigenvalue weighted by Crippen LogP contribution is 2.31. The van der Waals surface area contributed by atoms with Crippen molar-refractivity contribution in [2.45, 2.75) is 12.7 Å². The molecule has 0 aliphatic carbocycles. The lowest BCUT2D eigenvalue weighted by Gasteiger charge is -2.10. The molecule has 1 aromatic heterocycles. The molecule has 3 rings (SSSR count). The number of phenols is 1. The van der Waals surface area contributed by atoms with Gasteiger partial charge in [-0.15, -0.1) is 0 Å². The number of para-hydroxylation sites is 2. The van der Waals surface area contributed by atoms with Crippen molar-refractivity contribution in [3.8, 4) is 11.5 Å². The maximum Gasteiger partial charge on any atom is 0.449 e. The van der Waals surface area contributed by atoms with Gasteiger partial charge in [0.2, 0.25) is 5.82 Å². The van der Waals surface area contributed by atoms with Crippen molar-refractivity contribution in [2.75, 3.05) is 7.11 Å². The van der Waals surface area contributed by atoms with Crippen molar-refractivity contribution in [2.24, 2.45) is 5.10 Å². The van der Waals surface area contributed by atoms with Crippen LogP contribution < -0.4 is 10.2 Å². The number of nitrogens with zero attached hydrogens (tertiary/aromatic N) is 3. The first kappa shape index (κ1) is 19.2. The van der Waals surface area contributed by atoms with Crippen molar-refractivity contribution < 1.29 is 27.8 Å². The molecule has 0 bridgehead atoms. The van der Waals surface area contributed by atoms with E-state index < -0.39 is 24.5 Å². The average Bonchev–Trinajstić information content (AvgIpc) is 3.02. The van der Waals surface area contributed by atoms with Gasteiger partial charge in [-0.25, -0.2) is 10.4 Å². The fraction of sp³-hybridized carbons (Fsp3) is 0.167. The number of hydrazone groups is 1.